The van der Waals surface area contributed by atoms with E-state index in [-0.39, 0.29) is 0 Å². The molecule has 0 bridgehead atoms. The molecule has 1 atom stereocenters. The van der Waals surface area contributed by atoms with Crippen LogP contribution in [0.2, 0.25) is 0 Å². The van der Waals surface area contributed by atoms with Crippen molar-refractivity contribution < 1.29 is 18.6 Å². The third-order valence-electron chi connectivity index (χ3n) is 0.843. The molecule has 0 aliphatic rings. The van der Waals surface area contributed by atoms with E-state index >= 15 is 0 Å². The summed E-state index contributed by atoms with van der Waals surface area (Å²) < 4.78 is 27.2. The topological polar surface area (TPSA) is 29.5 Å². The van der Waals surface area contributed by atoms with Gasteiger partial charge in [0.25, 0.3) is 0 Å². The highest BCUT2D eigenvalue weighted by Crippen LogP contribution is 2.15. The Kier molecular flexibility index (Phi) is 2.30. The molecule has 1 unspecified atom stereocenters. The Labute approximate surface area is 46.1 Å². The minimum atomic E-state index is -3.71. The maximum absolute atomic E-state index is 11.5. The van der Waals surface area contributed by atoms with Crippen molar-refractivity contribution in [1.29, 1.82) is 0 Å². The maximum atomic E-state index is 11.5. The van der Waals surface area contributed by atoms with Crippen LogP contribution in [0.1, 0.15) is 6.92 Å². The van der Waals surface area contributed by atoms with Gasteiger partial charge in [0.1, 0.15) is 6.10 Å². The molecule has 2 nitrogen and oxygen atoms in total. The second-order valence-electron chi connectivity index (χ2n) is 1.47. The number of ether oxygens (including phenoxy) is 1. The van der Waals surface area contributed by atoms with Crippen LogP contribution in [0.3, 0.4) is 0 Å². The molecule has 0 rings (SSSR count). The van der Waals surface area contributed by atoms with Crippen molar-refractivity contribution >= 4 is 0 Å². The molecule has 4 heteroatoms. The Bertz CT molecular complexity index is 68.9. The zero-order valence-corrected chi connectivity index (χ0v) is 4.69. The van der Waals surface area contributed by atoms with Crippen LogP contribution in [-0.2, 0) is 4.74 Å². The van der Waals surface area contributed by atoms with Gasteiger partial charge < -0.3 is 9.84 Å². The zero-order valence-electron chi connectivity index (χ0n) is 4.69. The van der Waals surface area contributed by atoms with Crippen LogP contribution in [0.5, 0.6) is 0 Å². The lowest BCUT2D eigenvalue weighted by molar-refractivity contribution is -0.259. The van der Waals surface area contributed by atoms with Crippen LogP contribution < -0.4 is 0 Å². The van der Waals surface area contributed by atoms with Crippen LogP contribution >= 0.6 is 0 Å². The molecule has 0 aromatic rings. The van der Waals surface area contributed by atoms with Crippen LogP contribution in [0.4, 0.5) is 8.78 Å². The molecule has 0 aromatic carbocycles. The SMILES string of the molecule is COC(C)C(O)(F)F. The molecule has 0 aromatic heterocycles. The zero-order chi connectivity index (χ0) is 6.78. The Hall–Kier alpha value is -0.220. The number of rotatable bonds is 2. The van der Waals surface area contributed by atoms with E-state index in [1.54, 1.807) is 0 Å². The molecule has 0 saturated carbocycles. The molecular formula is C4H8F2O2. The first-order valence-electron chi connectivity index (χ1n) is 2.11. The number of alkyl halides is 2. The van der Waals surface area contributed by atoms with Crippen molar-refractivity contribution in [3.05, 3.63) is 0 Å². The summed E-state index contributed by atoms with van der Waals surface area (Å²) in [6.45, 7) is 1.08. The van der Waals surface area contributed by atoms with Crippen LogP contribution in [0.15, 0.2) is 0 Å². The van der Waals surface area contributed by atoms with Crippen molar-refractivity contribution in [2.24, 2.45) is 0 Å². The van der Waals surface area contributed by atoms with E-state index in [0.717, 1.165) is 14.0 Å². The monoisotopic (exact) mass is 126 g/mol. The lowest BCUT2D eigenvalue weighted by Gasteiger charge is -2.14. The van der Waals surface area contributed by atoms with Crippen molar-refractivity contribution in [2.75, 3.05) is 7.11 Å². The summed E-state index contributed by atoms with van der Waals surface area (Å²) in [5.74, 6) is 0. The van der Waals surface area contributed by atoms with Crippen molar-refractivity contribution in [2.45, 2.75) is 19.1 Å². The first-order valence-corrected chi connectivity index (χ1v) is 2.11. The average Bonchev–Trinajstić information content (AvgIpc) is 1.62. The molecule has 0 amide bonds. The summed E-state index contributed by atoms with van der Waals surface area (Å²) in [6, 6.07) is 0. The molecule has 8 heavy (non-hydrogen) atoms. The van der Waals surface area contributed by atoms with E-state index in [0.29, 0.717) is 0 Å². The standard InChI is InChI=1S/C4H8F2O2/c1-3(8-2)4(5,6)7/h3,7H,1-2H3. The smallest absolute Gasteiger partial charge is 0.373 e. The van der Waals surface area contributed by atoms with E-state index in [4.69, 9.17) is 5.11 Å². The van der Waals surface area contributed by atoms with Gasteiger partial charge in [0.15, 0.2) is 0 Å². The molecule has 0 saturated heterocycles. The highest BCUT2D eigenvalue weighted by atomic mass is 19.3. The molecule has 0 aliphatic heterocycles. The van der Waals surface area contributed by atoms with Crippen LogP contribution in [0, 0.1) is 0 Å². The molecule has 0 fully saturated rings. The number of aliphatic hydroxyl groups is 1. The summed E-state index contributed by atoms with van der Waals surface area (Å²) in [7, 11) is 1.11. The van der Waals surface area contributed by atoms with Gasteiger partial charge >= 0.3 is 6.11 Å². The lowest BCUT2D eigenvalue weighted by atomic mass is 10.4. The quantitative estimate of drug-likeness (QED) is 0.587. The fourth-order valence-electron chi connectivity index (χ4n) is 0.142. The second kappa shape index (κ2) is 2.37. The van der Waals surface area contributed by atoms with Crippen molar-refractivity contribution in [1.82, 2.24) is 0 Å². The summed E-state index contributed by atoms with van der Waals surface area (Å²) in [4.78, 5) is 0. The van der Waals surface area contributed by atoms with E-state index in [2.05, 4.69) is 4.74 Å². The maximum Gasteiger partial charge on any atom is 0.379 e. The highest BCUT2D eigenvalue weighted by molar-refractivity contribution is 4.57. The van der Waals surface area contributed by atoms with Gasteiger partial charge in [-0.05, 0) is 6.92 Å². The van der Waals surface area contributed by atoms with E-state index in [1.165, 1.54) is 0 Å². The highest BCUT2D eigenvalue weighted by Gasteiger charge is 2.32. The average molecular weight is 126 g/mol. The summed E-state index contributed by atoms with van der Waals surface area (Å²) in [5, 5.41) is 7.83. The molecule has 50 valence electrons. The van der Waals surface area contributed by atoms with Gasteiger partial charge in [-0.15, -0.1) is 0 Å². The van der Waals surface area contributed by atoms with Gasteiger partial charge in [-0.25, -0.2) is 0 Å². The summed E-state index contributed by atoms with van der Waals surface area (Å²) in [5.41, 5.74) is 0. The van der Waals surface area contributed by atoms with Gasteiger partial charge in [0.05, 0.1) is 0 Å². The van der Waals surface area contributed by atoms with Gasteiger partial charge in [-0.3, -0.25) is 0 Å². The Morgan fingerprint density at radius 1 is 1.62 bits per heavy atom. The molecule has 0 spiro atoms. The lowest BCUT2D eigenvalue weighted by Crippen LogP contribution is -2.31. The second-order valence-corrected chi connectivity index (χ2v) is 1.47. The molecular weight excluding hydrogens is 118 g/mol. The molecule has 0 heterocycles. The third kappa shape index (κ3) is 2.18. The Balaban J connectivity index is 3.62. The summed E-state index contributed by atoms with van der Waals surface area (Å²) in [6.07, 6.45) is -5.14. The first kappa shape index (κ1) is 7.78. The Morgan fingerprint density at radius 3 is 2.00 bits per heavy atom. The number of hydrogen-bond donors (Lipinski definition) is 1. The number of halogens is 2. The van der Waals surface area contributed by atoms with Gasteiger partial charge in [-0.1, -0.05) is 0 Å². The molecule has 0 aliphatic carbocycles. The van der Waals surface area contributed by atoms with Crippen molar-refractivity contribution in [3.8, 4) is 0 Å². The normalized spacial score (nSPS) is 16.1. The molecule has 0 radical (unpaired) electrons. The van der Waals surface area contributed by atoms with Gasteiger partial charge in [0, 0.05) is 7.11 Å². The number of hydrogen-bond acceptors (Lipinski definition) is 2. The predicted molar refractivity (Wildman–Crippen MR) is 23.6 cm³/mol. The van der Waals surface area contributed by atoms with Crippen LogP contribution in [0.25, 0.3) is 0 Å². The summed E-state index contributed by atoms with van der Waals surface area (Å²) >= 11 is 0. The van der Waals surface area contributed by atoms with Crippen molar-refractivity contribution in [3.63, 3.8) is 0 Å². The number of methoxy groups -OCH3 is 1. The van der Waals surface area contributed by atoms with E-state index < -0.39 is 12.2 Å². The van der Waals surface area contributed by atoms with E-state index in [9.17, 15) is 8.78 Å². The van der Waals surface area contributed by atoms with E-state index in [1.807, 2.05) is 0 Å². The minimum Gasteiger partial charge on any atom is -0.373 e. The minimum absolute atomic E-state index is 1.08. The Morgan fingerprint density at radius 2 is 2.00 bits per heavy atom. The predicted octanol–water partition coefficient (Wildman–Crippen LogP) is 0.606. The third-order valence-corrected chi connectivity index (χ3v) is 0.843. The molecule has 1 N–H and O–H groups in total. The van der Waals surface area contributed by atoms with Gasteiger partial charge in [-0.2, -0.15) is 8.78 Å². The first-order chi connectivity index (χ1) is 3.48. The van der Waals surface area contributed by atoms with Gasteiger partial charge in [0.2, 0.25) is 0 Å². The van der Waals surface area contributed by atoms with Crippen LogP contribution in [-0.4, -0.2) is 24.4 Å². The fraction of sp³-hybridized carbons (Fsp3) is 1.00. The fourth-order valence-corrected chi connectivity index (χ4v) is 0.142. The largest absolute Gasteiger partial charge is 0.379 e.